The fraction of sp³-hybridized carbons (Fsp3) is 1.00. The molecule has 0 atom stereocenters. The van der Waals surface area contributed by atoms with Gasteiger partial charge in [0.1, 0.15) is 0 Å². The van der Waals surface area contributed by atoms with E-state index in [1.54, 1.807) is 0 Å². The van der Waals surface area contributed by atoms with E-state index in [0.29, 0.717) is 4.81 Å². The number of rotatable bonds is 2. The smallest absolute Gasteiger partial charge is 0.206 e. The molecule has 0 aromatic rings. The summed E-state index contributed by atoms with van der Waals surface area (Å²) >= 11 is 0. The van der Waals surface area contributed by atoms with E-state index in [-0.39, 0.29) is 0 Å². The number of hydrogen-bond donors (Lipinski definition) is 4. The van der Waals surface area contributed by atoms with Gasteiger partial charge in [0.2, 0.25) is 12.8 Å². The molecule has 0 saturated heterocycles. The van der Waals surface area contributed by atoms with Crippen molar-refractivity contribution in [3.05, 3.63) is 0 Å². The zero-order valence-electron chi connectivity index (χ0n) is 4.39. The first-order chi connectivity index (χ1) is 3.55. The molecule has 0 bridgehead atoms. The topological polar surface area (TPSA) is 84.2 Å². The number of hydrogen-bond acceptors (Lipinski definition) is 5. The van der Waals surface area contributed by atoms with Crippen LogP contribution < -0.4 is 0 Å². The molecule has 0 aromatic carbocycles. The Labute approximate surface area is 47.2 Å². The first kappa shape index (κ1) is 7.86. The summed E-state index contributed by atoms with van der Waals surface area (Å²) in [6.07, 6.45) is -3.65. The largest absolute Gasteiger partial charge is 0.356 e. The van der Waals surface area contributed by atoms with Crippen molar-refractivity contribution in [1.29, 1.82) is 0 Å². The van der Waals surface area contributed by atoms with Crippen molar-refractivity contribution in [2.24, 2.45) is 0 Å². The summed E-state index contributed by atoms with van der Waals surface area (Å²) in [6, 6.07) is 0. The molecule has 0 aliphatic rings. The molecule has 8 heavy (non-hydrogen) atoms. The molecule has 5 nitrogen and oxygen atoms in total. The van der Waals surface area contributed by atoms with Gasteiger partial charge in [0.25, 0.3) is 0 Å². The van der Waals surface area contributed by atoms with Crippen molar-refractivity contribution >= 4 is 7.98 Å². The predicted molar refractivity (Wildman–Crippen MR) is 26.8 cm³/mol. The van der Waals surface area contributed by atoms with E-state index in [1.807, 2.05) is 0 Å². The molecule has 0 aliphatic carbocycles. The fourth-order valence-electron chi connectivity index (χ4n) is 0.119. The zero-order chi connectivity index (χ0) is 6.73. The summed E-state index contributed by atoms with van der Waals surface area (Å²) in [5, 5.41) is 32.6. The predicted octanol–water partition coefficient (Wildman–Crippen LogP) is -3.63. The van der Waals surface area contributed by atoms with Crippen LogP contribution in [0.2, 0.25) is 0 Å². The van der Waals surface area contributed by atoms with Crippen LogP contribution in [-0.4, -0.2) is 46.0 Å². The van der Waals surface area contributed by atoms with Crippen LogP contribution in [-0.2, 0) is 0 Å². The van der Waals surface area contributed by atoms with Gasteiger partial charge in [-0.15, -0.1) is 0 Å². The van der Waals surface area contributed by atoms with Gasteiger partial charge < -0.3 is 20.4 Å². The van der Waals surface area contributed by atoms with Crippen LogP contribution in [0.3, 0.4) is 0 Å². The van der Waals surface area contributed by atoms with Crippen LogP contribution in [0.25, 0.3) is 0 Å². The van der Waals surface area contributed by atoms with Gasteiger partial charge in [-0.1, -0.05) is 0 Å². The van der Waals surface area contributed by atoms with E-state index >= 15 is 0 Å². The van der Waals surface area contributed by atoms with E-state index < -0.39 is 12.8 Å². The van der Waals surface area contributed by atoms with Gasteiger partial charge in [0.05, 0.1) is 0 Å². The molecule has 6 heteroatoms. The highest BCUT2D eigenvalue weighted by Crippen LogP contribution is 1.87. The molecule has 0 heterocycles. The summed E-state index contributed by atoms with van der Waals surface area (Å²) in [7, 11) is 1.15. The molecular formula is C2H8BNO4. The Morgan fingerprint density at radius 2 is 1.25 bits per heavy atom. The third-order valence-electron chi connectivity index (χ3n) is 0.729. The summed E-state index contributed by atoms with van der Waals surface area (Å²) < 4.78 is 0. The second kappa shape index (κ2) is 3.00. The highest BCUT2D eigenvalue weighted by atomic mass is 16.5. The molecule has 0 fully saturated rings. The van der Waals surface area contributed by atoms with E-state index in [9.17, 15) is 0 Å². The lowest BCUT2D eigenvalue weighted by Crippen LogP contribution is -2.40. The quantitative estimate of drug-likeness (QED) is 0.224. The Hall–Kier alpha value is -0.135. The van der Waals surface area contributed by atoms with Gasteiger partial charge in [-0.2, -0.15) is 0 Å². The molecule has 4 N–H and O–H groups in total. The number of aliphatic hydroxyl groups is 4. The Kier molecular flexibility index (Phi) is 2.95. The second-order valence-corrected chi connectivity index (χ2v) is 1.36. The van der Waals surface area contributed by atoms with Crippen LogP contribution in [0.4, 0.5) is 0 Å². The van der Waals surface area contributed by atoms with E-state index in [4.69, 9.17) is 20.4 Å². The summed E-state index contributed by atoms with van der Waals surface area (Å²) in [5.74, 6) is 0. The highest BCUT2D eigenvalue weighted by Gasteiger charge is 2.11. The molecule has 48 valence electrons. The molecule has 0 rings (SSSR count). The molecule has 0 aromatic heterocycles. The minimum atomic E-state index is -1.82. The first-order valence-corrected chi connectivity index (χ1v) is 2.00. The average Bonchev–Trinajstić information content (AvgIpc) is 1.64. The fourth-order valence-corrected chi connectivity index (χ4v) is 0.119. The molecule has 0 spiro atoms. The summed E-state index contributed by atoms with van der Waals surface area (Å²) in [4.78, 5) is 0.556. The van der Waals surface area contributed by atoms with Crippen LogP contribution >= 0.6 is 0 Å². The standard InChI is InChI=1S/C2H8BNO4/c3-4(1(5)6)2(7)8/h1-2,5-8H,3H2. The lowest BCUT2D eigenvalue weighted by molar-refractivity contribution is -0.225. The van der Waals surface area contributed by atoms with Gasteiger partial charge in [0.15, 0.2) is 7.98 Å². The van der Waals surface area contributed by atoms with Gasteiger partial charge in [-0.25, -0.2) is 0 Å². The molecule has 0 aliphatic heterocycles. The van der Waals surface area contributed by atoms with Crippen LogP contribution in [0.15, 0.2) is 0 Å². The third kappa shape index (κ3) is 2.24. The minimum absolute atomic E-state index is 0.556. The van der Waals surface area contributed by atoms with Crippen molar-refractivity contribution < 1.29 is 20.4 Å². The lowest BCUT2D eigenvalue weighted by atomic mass is 10.3. The van der Waals surface area contributed by atoms with Crippen molar-refractivity contribution in [2.75, 3.05) is 0 Å². The molecule has 0 unspecified atom stereocenters. The summed E-state index contributed by atoms with van der Waals surface area (Å²) in [5.41, 5.74) is 0. The first-order valence-electron chi connectivity index (χ1n) is 2.00. The highest BCUT2D eigenvalue weighted by molar-refractivity contribution is 6.04. The normalized spacial score (nSPS) is 11.9. The second-order valence-electron chi connectivity index (χ2n) is 1.36. The SMILES string of the molecule is BN(C(O)O)C(O)O. The Morgan fingerprint density at radius 1 is 1.00 bits per heavy atom. The molecular weight excluding hydrogens is 113 g/mol. The maximum Gasteiger partial charge on any atom is 0.206 e. The molecule has 0 radical (unpaired) electrons. The van der Waals surface area contributed by atoms with E-state index in [2.05, 4.69) is 0 Å². The van der Waals surface area contributed by atoms with Crippen molar-refractivity contribution in [1.82, 2.24) is 4.81 Å². The van der Waals surface area contributed by atoms with Crippen molar-refractivity contribution in [3.8, 4) is 0 Å². The van der Waals surface area contributed by atoms with Crippen molar-refractivity contribution in [3.63, 3.8) is 0 Å². The average molecular weight is 121 g/mol. The van der Waals surface area contributed by atoms with E-state index in [0.717, 1.165) is 7.98 Å². The number of nitrogens with zero attached hydrogens (tertiary/aromatic N) is 1. The third-order valence-corrected chi connectivity index (χ3v) is 0.729. The van der Waals surface area contributed by atoms with Gasteiger partial charge in [0, 0.05) is 0 Å². The van der Waals surface area contributed by atoms with Gasteiger partial charge >= 0.3 is 0 Å². The van der Waals surface area contributed by atoms with Crippen LogP contribution in [0.5, 0.6) is 0 Å². The van der Waals surface area contributed by atoms with Crippen molar-refractivity contribution in [2.45, 2.75) is 12.8 Å². The minimum Gasteiger partial charge on any atom is -0.356 e. The Bertz CT molecular complexity index is 59.1. The zero-order valence-corrected chi connectivity index (χ0v) is 4.39. The maximum atomic E-state index is 8.15. The summed E-state index contributed by atoms with van der Waals surface area (Å²) in [6.45, 7) is 0. The molecule has 0 amide bonds. The Morgan fingerprint density at radius 3 is 1.25 bits per heavy atom. The lowest BCUT2D eigenvalue weighted by Gasteiger charge is -2.19. The maximum absolute atomic E-state index is 8.15. The molecule has 0 saturated carbocycles. The monoisotopic (exact) mass is 121 g/mol. The van der Waals surface area contributed by atoms with Gasteiger partial charge in [-0.3, -0.25) is 4.81 Å². The van der Waals surface area contributed by atoms with Crippen LogP contribution in [0, 0.1) is 0 Å². The van der Waals surface area contributed by atoms with Crippen LogP contribution in [0.1, 0.15) is 0 Å². The van der Waals surface area contributed by atoms with E-state index in [1.165, 1.54) is 0 Å². The number of aliphatic hydroxyl groups excluding tert-OH is 2. The van der Waals surface area contributed by atoms with Gasteiger partial charge in [-0.05, 0) is 0 Å². The Balaban J connectivity index is 3.46.